The summed E-state index contributed by atoms with van der Waals surface area (Å²) in [5.74, 6) is 1.70. The lowest BCUT2D eigenvalue weighted by atomic mass is 10.2. The second-order valence-corrected chi connectivity index (χ2v) is 6.78. The van der Waals surface area contributed by atoms with Gasteiger partial charge in [0.05, 0.1) is 18.7 Å². The van der Waals surface area contributed by atoms with E-state index in [9.17, 15) is 9.59 Å². The van der Waals surface area contributed by atoms with Crippen LogP contribution in [-0.4, -0.2) is 36.6 Å². The van der Waals surface area contributed by atoms with Crippen LogP contribution >= 0.6 is 11.8 Å². The van der Waals surface area contributed by atoms with Crippen LogP contribution in [0.4, 0.5) is 10.5 Å². The Morgan fingerprint density at radius 2 is 1.93 bits per heavy atom. The van der Waals surface area contributed by atoms with E-state index < -0.39 is 0 Å². The van der Waals surface area contributed by atoms with E-state index in [4.69, 9.17) is 14.2 Å². The van der Waals surface area contributed by atoms with Crippen LogP contribution in [0, 0.1) is 0 Å². The summed E-state index contributed by atoms with van der Waals surface area (Å²) in [7, 11) is 1.59. The standard InChI is InChI=1S/C19H16N2O5S/c1-24-14-5-3-13(4-6-14)20-10-21-18(22)17(27-19(21)23)9-12-2-7-15-16(8-12)26-11-25-15/h2-9,20H,10-11H2,1H3. The lowest BCUT2D eigenvalue weighted by Gasteiger charge is -2.14. The van der Waals surface area contributed by atoms with Gasteiger partial charge in [-0.2, -0.15) is 0 Å². The van der Waals surface area contributed by atoms with E-state index in [0.717, 1.165) is 28.8 Å². The Balaban J connectivity index is 1.45. The molecule has 27 heavy (non-hydrogen) atoms. The number of carbonyl (C=O) groups is 2. The minimum Gasteiger partial charge on any atom is -0.497 e. The lowest BCUT2D eigenvalue weighted by Crippen LogP contribution is -2.33. The van der Waals surface area contributed by atoms with Crippen LogP contribution in [0.1, 0.15) is 5.56 Å². The maximum absolute atomic E-state index is 12.6. The topological polar surface area (TPSA) is 77.1 Å². The van der Waals surface area contributed by atoms with Crippen molar-refractivity contribution in [3.63, 3.8) is 0 Å². The molecule has 0 bridgehead atoms. The zero-order valence-corrected chi connectivity index (χ0v) is 15.2. The molecule has 2 aromatic carbocycles. The number of nitrogens with one attached hydrogen (secondary N) is 1. The van der Waals surface area contributed by atoms with Crippen molar-refractivity contribution in [3.05, 3.63) is 52.9 Å². The fourth-order valence-corrected chi connectivity index (χ4v) is 3.51. The molecule has 2 amide bonds. The molecule has 1 saturated heterocycles. The van der Waals surface area contributed by atoms with Gasteiger partial charge in [0.25, 0.3) is 11.1 Å². The molecule has 7 nitrogen and oxygen atoms in total. The van der Waals surface area contributed by atoms with Crippen LogP contribution in [0.2, 0.25) is 0 Å². The van der Waals surface area contributed by atoms with Crippen LogP contribution in [0.15, 0.2) is 47.4 Å². The van der Waals surface area contributed by atoms with Gasteiger partial charge in [-0.1, -0.05) is 6.07 Å². The molecule has 0 unspecified atom stereocenters. The Morgan fingerprint density at radius 1 is 1.15 bits per heavy atom. The van der Waals surface area contributed by atoms with E-state index in [1.807, 2.05) is 18.2 Å². The molecule has 138 valence electrons. The molecule has 1 N–H and O–H groups in total. The van der Waals surface area contributed by atoms with Crippen LogP contribution in [0.25, 0.3) is 6.08 Å². The van der Waals surface area contributed by atoms with E-state index in [1.165, 1.54) is 4.90 Å². The highest BCUT2D eigenvalue weighted by Crippen LogP contribution is 2.36. The number of ether oxygens (including phenoxy) is 3. The Kier molecular flexibility index (Phi) is 4.64. The smallest absolute Gasteiger partial charge is 0.295 e. The largest absolute Gasteiger partial charge is 0.497 e. The molecule has 0 aliphatic carbocycles. The molecular weight excluding hydrogens is 368 g/mol. The zero-order chi connectivity index (χ0) is 18.8. The van der Waals surface area contributed by atoms with Crippen LogP contribution in [0.3, 0.4) is 0 Å². The number of benzene rings is 2. The summed E-state index contributed by atoms with van der Waals surface area (Å²) in [6.45, 7) is 0.280. The maximum atomic E-state index is 12.6. The van der Waals surface area contributed by atoms with E-state index >= 15 is 0 Å². The van der Waals surface area contributed by atoms with E-state index in [-0.39, 0.29) is 24.6 Å². The third kappa shape index (κ3) is 3.56. The van der Waals surface area contributed by atoms with Gasteiger partial charge in [0.15, 0.2) is 11.5 Å². The molecule has 4 rings (SSSR count). The van der Waals surface area contributed by atoms with Gasteiger partial charge < -0.3 is 19.5 Å². The lowest BCUT2D eigenvalue weighted by molar-refractivity contribution is -0.122. The number of imide groups is 1. The van der Waals surface area contributed by atoms with Crippen LogP contribution < -0.4 is 19.5 Å². The summed E-state index contributed by atoms with van der Waals surface area (Å²) in [5.41, 5.74) is 1.56. The third-order valence-electron chi connectivity index (χ3n) is 4.10. The molecule has 2 aliphatic heterocycles. The second-order valence-electron chi connectivity index (χ2n) is 5.79. The molecule has 0 radical (unpaired) electrons. The molecule has 0 aromatic heterocycles. The third-order valence-corrected chi connectivity index (χ3v) is 5.01. The molecule has 1 fully saturated rings. The molecule has 8 heteroatoms. The van der Waals surface area contributed by atoms with Crippen LogP contribution in [0.5, 0.6) is 17.2 Å². The number of amides is 2. The van der Waals surface area contributed by atoms with Crippen molar-refractivity contribution < 1.29 is 23.8 Å². The summed E-state index contributed by atoms with van der Waals surface area (Å²) >= 11 is 0.918. The predicted molar refractivity (Wildman–Crippen MR) is 102 cm³/mol. The Morgan fingerprint density at radius 3 is 2.70 bits per heavy atom. The summed E-state index contributed by atoms with van der Waals surface area (Å²) in [5, 5.41) is 2.76. The van der Waals surface area contributed by atoms with Gasteiger partial charge in [0.2, 0.25) is 6.79 Å². The molecule has 2 heterocycles. The van der Waals surface area contributed by atoms with E-state index in [0.29, 0.717) is 16.4 Å². The number of anilines is 1. The zero-order valence-electron chi connectivity index (χ0n) is 14.4. The Hall–Kier alpha value is -3.13. The van der Waals surface area contributed by atoms with Crippen molar-refractivity contribution in [1.29, 1.82) is 0 Å². The number of carbonyl (C=O) groups excluding carboxylic acids is 2. The number of methoxy groups -OCH3 is 1. The number of rotatable bonds is 5. The Labute approximate surface area is 159 Å². The summed E-state index contributed by atoms with van der Waals surface area (Å²) in [6.07, 6.45) is 1.68. The van der Waals surface area contributed by atoms with Gasteiger partial charge in [-0.05, 0) is 59.8 Å². The highest BCUT2D eigenvalue weighted by Gasteiger charge is 2.34. The quantitative estimate of drug-likeness (QED) is 0.790. The van der Waals surface area contributed by atoms with Crippen molar-refractivity contribution in [2.45, 2.75) is 0 Å². The summed E-state index contributed by atoms with van der Waals surface area (Å²) in [4.78, 5) is 26.3. The van der Waals surface area contributed by atoms with E-state index in [1.54, 1.807) is 37.5 Å². The predicted octanol–water partition coefficient (Wildman–Crippen LogP) is 3.53. The number of hydrogen-bond acceptors (Lipinski definition) is 7. The molecular formula is C19H16N2O5S. The Bertz CT molecular complexity index is 926. The fraction of sp³-hybridized carbons (Fsp3) is 0.158. The monoisotopic (exact) mass is 384 g/mol. The second kappa shape index (κ2) is 7.24. The van der Waals surface area contributed by atoms with Gasteiger partial charge in [0, 0.05) is 5.69 Å². The SMILES string of the molecule is COc1ccc(NCN2C(=O)SC(=Cc3ccc4c(c3)OCO4)C2=O)cc1. The average molecular weight is 384 g/mol. The highest BCUT2D eigenvalue weighted by atomic mass is 32.2. The van der Waals surface area contributed by atoms with Gasteiger partial charge in [-0.3, -0.25) is 14.5 Å². The van der Waals surface area contributed by atoms with Gasteiger partial charge in [-0.25, -0.2) is 0 Å². The summed E-state index contributed by atoms with van der Waals surface area (Å²) < 4.78 is 15.7. The van der Waals surface area contributed by atoms with Crippen molar-refractivity contribution in [1.82, 2.24) is 4.90 Å². The van der Waals surface area contributed by atoms with Crippen molar-refractivity contribution in [3.8, 4) is 17.2 Å². The first-order valence-electron chi connectivity index (χ1n) is 8.17. The number of fused-ring (bicyclic) bond motifs is 1. The maximum Gasteiger partial charge on any atom is 0.295 e. The molecule has 0 atom stereocenters. The minimum absolute atomic E-state index is 0.0927. The fourth-order valence-electron chi connectivity index (χ4n) is 2.67. The molecule has 0 saturated carbocycles. The van der Waals surface area contributed by atoms with E-state index in [2.05, 4.69) is 5.32 Å². The van der Waals surface area contributed by atoms with Crippen LogP contribution in [-0.2, 0) is 4.79 Å². The minimum atomic E-state index is -0.330. The van der Waals surface area contributed by atoms with Gasteiger partial charge in [-0.15, -0.1) is 0 Å². The van der Waals surface area contributed by atoms with Gasteiger partial charge in [0.1, 0.15) is 5.75 Å². The van der Waals surface area contributed by atoms with Crippen molar-refractivity contribution in [2.24, 2.45) is 0 Å². The molecule has 0 spiro atoms. The van der Waals surface area contributed by atoms with Crippen molar-refractivity contribution in [2.75, 3.05) is 25.9 Å². The highest BCUT2D eigenvalue weighted by molar-refractivity contribution is 8.18. The normalized spacial score (nSPS) is 16.9. The number of hydrogen-bond donors (Lipinski definition) is 1. The van der Waals surface area contributed by atoms with Gasteiger partial charge >= 0.3 is 0 Å². The first-order chi connectivity index (χ1) is 13.1. The number of nitrogens with zero attached hydrogens (tertiary/aromatic N) is 1. The molecule has 2 aromatic rings. The molecule has 2 aliphatic rings. The number of thioether (sulfide) groups is 1. The average Bonchev–Trinajstić information content (AvgIpc) is 3.25. The first-order valence-corrected chi connectivity index (χ1v) is 8.98. The summed E-state index contributed by atoms with van der Waals surface area (Å²) in [6, 6.07) is 12.6. The first kappa shape index (κ1) is 17.3. The van der Waals surface area contributed by atoms with Crippen molar-refractivity contribution >= 4 is 34.7 Å².